The van der Waals surface area contributed by atoms with Crippen LogP contribution in [0.4, 0.5) is 0 Å². The van der Waals surface area contributed by atoms with Crippen LogP contribution in [0.1, 0.15) is 47.5 Å². The number of rotatable bonds is 8. The van der Waals surface area contributed by atoms with Crippen LogP contribution in [-0.2, 0) is 14.3 Å². The molecule has 0 saturated heterocycles. The minimum absolute atomic E-state index is 0.0846. The SMILES string of the molecule is CC(C)C[C@H](CN)CC(=O)O[C@H](C)C(=O)N(C)C(C)C. The summed E-state index contributed by atoms with van der Waals surface area (Å²) in [5, 5.41) is 0. The summed E-state index contributed by atoms with van der Waals surface area (Å²) in [5.41, 5.74) is 5.66. The van der Waals surface area contributed by atoms with E-state index in [1.165, 1.54) is 0 Å². The molecule has 0 unspecified atom stereocenters. The molecule has 5 heteroatoms. The molecule has 0 aromatic carbocycles. The van der Waals surface area contributed by atoms with Crippen LogP contribution < -0.4 is 5.73 Å². The third kappa shape index (κ3) is 6.89. The minimum atomic E-state index is -0.743. The van der Waals surface area contributed by atoms with E-state index in [0.29, 0.717) is 12.5 Å². The molecule has 0 bridgehead atoms. The van der Waals surface area contributed by atoms with Gasteiger partial charge in [0.2, 0.25) is 0 Å². The molecular formula is C15H30N2O3. The Balaban J connectivity index is 4.34. The van der Waals surface area contributed by atoms with E-state index in [4.69, 9.17) is 10.5 Å². The molecule has 0 fully saturated rings. The maximum atomic E-state index is 12.0. The lowest BCUT2D eigenvalue weighted by Crippen LogP contribution is -2.41. The van der Waals surface area contributed by atoms with Crippen LogP contribution in [0, 0.1) is 11.8 Å². The standard InChI is InChI=1S/C15H30N2O3/c1-10(2)7-13(9-16)8-14(18)20-12(5)15(19)17(6)11(3)4/h10-13H,7-9,16H2,1-6H3/t12-,13+/m1/s1. The van der Waals surface area contributed by atoms with E-state index >= 15 is 0 Å². The third-order valence-electron chi connectivity index (χ3n) is 3.37. The number of nitrogens with two attached hydrogens (primary N) is 1. The van der Waals surface area contributed by atoms with Crippen LogP contribution >= 0.6 is 0 Å². The number of carbonyl (C=O) groups is 2. The molecule has 0 aliphatic heterocycles. The predicted molar refractivity (Wildman–Crippen MR) is 80.1 cm³/mol. The van der Waals surface area contributed by atoms with Crippen LogP contribution in [0.25, 0.3) is 0 Å². The van der Waals surface area contributed by atoms with Gasteiger partial charge < -0.3 is 15.4 Å². The fourth-order valence-corrected chi connectivity index (χ4v) is 2.00. The molecule has 0 aromatic heterocycles. The van der Waals surface area contributed by atoms with Gasteiger partial charge in [0.05, 0.1) is 0 Å². The van der Waals surface area contributed by atoms with E-state index in [9.17, 15) is 9.59 Å². The highest BCUT2D eigenvalue weighted by Gasteiger charge is 2.24. The van der Waals surface area contributed by atoms with Crippen molar-refractivity contribution in [1.82, 2.24) is 4.90 Å². The molecule has 0 radical (unpaired) electrons. The fourth-order valence-electron chi connectivity index (χ4n) is 2.00. The molecule has 20 heavy (non-hydrogen) atoms. The van der Waals surface area contributed by atoms with Crippen LogP contribution in [0.2, 0.25) is 0 Å². The Labute approximate surface area is 122 Å². The summed E-state index contributed by atoms with van der Waals surface area (Å²) >= 11 is 0. The highest BCUT2D eigenvalue weighted by atomic mass is 16.5. The summed E-state index contributed by atoms with van der Waals surface area (Å²) in [4.78, 5) is 25.4. The third-order valence-corrected chi connectivity index (χ3v) is 3.37. The van der Waals surface area contributed by atoms with Gasteiger partial charge in [0.15, 0.2) is 6.10 Å². The van der Waals surface area contributed by atoms with E-state index < -0.39 is 6.10 Å². The Bertz CT molecular complexity index is 316. The summed E-state index contributed by atoms with van der Waals surface area (Å²) < 4.78 is 5.21. The van der Waals surface area contributed by atoms with Crippen molar-refractivity contribution in [2.75, 3.05) is 13.6 Å². The van der Waals surface area contributed by atoms with Crippen LogP contribution in [-0.4, -0.2) is 42.5 Å². The van der Waals surface area contributed by atoms with Crippen LogP contribution in [0.3, 0.4) is 0 Å². The van der Waals surface area contributed by atoms with Crippen molar-refractivity contribution in [2.24, 2.45) is 17.6 Å². The largest absolute Gasteiger partial charge is 0.453 e. The Morgan fingerprint density at radius 2 is 1.70 bits per heavy atom. The zero-order chi connectivity index (χ0) is 15.9. The maximum Gasteiger partial charge on any atom is 0.306 e. The van der Waals surface area contributed by atoms with Crippen molar-refractivity contribution >= 4 is 11.9 Å². The second-order valence-electron chi connectivity index (χ2n) is 6.11. The van der Waals surface area contributed by atoms with E-state index in [1.54, 1.807) is 18.9 Å². The smallest absolute Gasteiger partial charge is 0.306 e. The Hall–Kier alpha value is -1.10. The zero-order valence-electron chi connectivity index (χ0n) is 13.7. The van der Waals surface area contributed by atoms with E-state index in [-0.39, 0.29) is 30.3 Å². The van der Waals surface area contributed by atoms with Gasteiger partial charge in [-0.15, -0.1) is 0 Å². The normalized spacial score (nSPS) is 14.2. The molecule has 118 valence electrons. The topological polar surface area (TPSA) is 72.6 Å². The predicted octanol–water partition coefficient (Wildman–Crippen LogP) is 1.80. The van der Waals surface area contributed by atoms with Crippen molar-refractivity contribution in [2.45, 2.75) is 59.6 Å². The summed E-state index contributed by atoms with van der Waals surface area (Å²) in [6.07, 6.45) is 0.421. The highest BCUT2D eigenvalue weighted by Crippen LogP contribution is 2.15. The molecule has 2 N–H and O–H groups in total. The Morgan fingerprint density at radius 1 is 1.15 bits per heavy atom. The molecule has 0 spiro atoms. The molecule has 5 nitrogen and oxygen atoms in total. The van der Waals surface area contributed by atoms with E-state index in [1.807, 2.05) is 13.8 Å². The van der Waals surface area contributed by atoms with Gasteiger partial charge in [-0.2, -0.15) is 0 Å². The molecule has 0 heterocycles. The van der Waals surface area contributed by atoms with Gasteiger partial charge in [-0.3, -0.25) is 9.59 Å². The summed E-state index contributed by atoms with van der Waals surface area (Å²) in [6.45, 7) is 10.1. The second-order valence-corrected chi connectivity index (χ2v) is 6.11. The number of hydrogen-bond donors (Lipinski definition) is 1. The lowest BCUT2D eigenvalue weighted by molar-refractivity contribution is -0.160. The molecular weight excluding hydrogens is 256 g/mol. The molecule has 1 amide bonds. The zero-order valence-corrected chi connectivity index (χ0v) is 13.7. The minimum Gasteiger partial charge on any atom is -0.453 e. The Morgan fingerprint density at radius 3 is 2.10 bits per heavy atom. The number of carbonyl (C=O) groups excluding carboxylic acids is 2. The number of amides is 1. The molecule has 0 saturated carbocycles. The van der Waals surface area contributed by atoms with Crippen LogP contribution in [0.5, 0.6) is 0 Å². The summed E-state index contributed by atoms with van der Waals surface area (Å²) in [7, 11) is 1.71. The first-order valence-corrected chi connectivity index (χ1v) is 7.35. The van der Waals surface area contributed by atoms with Crippen molar-refractivity contribution in [3.8, 4) is 0 Å². The maximum absolute atomic E-state index is 12.0. The van der Waals surface area contributed by atoms with Gasteiger partial charge in [-0.1, -0.05) is 13.8 Å². The first-order chi connectivity index (χ1) is 9.18. The first-order valence-electron chi connectivity index (χ1n) is 7.35. The average molecular weight is 286 g/mol. The first kappa shape index (κ1) is 18.9. The second kappa shape index (κ2) is 8.95. The molecule has 0 aliphatic rings. The summed E-state index contributed by atoms with van der Waals surface area (Å²) in [6, 6.07) is 0.0846. The average Bonchev–Trinajstić information content (AvgIpc) is 2.34. The van der Waals surface area contributed by atoms with Crippen molar-refractivity contribution < 1.29 is 14.3 Å². The quantitative estimate of drug-likeness (QED) is 0.691. The lowest BCUT2D eigenvalue weighted by Gasteiger charge is -2.25. The molecule has 0 aromatic rings. The molecule has 0 rings (SSSR count). The molecule has 2 atom stereocenters. The van der Waals surface area contributed by atoms with Crippen molar-refractivity contribution in [3.63, 3.8) is 0 Å². The van der Waals surface area contributed by atoms with Gasteiger partial charge in [0.1, 0.15) is 0 Å². The number of ether oxygens (including phenoxy) is 1. The van der Waals surface area contributed by atoms with Gasteiger partial charge in [0, 0.05) is 19.5 Å². The fraction of sp³-hybridized carbons (Fsp3) is 0.867. The van der Waals surface area contributed by atoms with Crippen molar-refractivity contribution in [1.29, 1.82) is 0 Å². The molecule has 0 aliphatic carbocycles. The number of hydrogen-bond acceptors (Lipinski definition) is 4. The van der Waals surface area contributed by atoms with E-state index in [0.717, 1.165) is 6.42 Å². The monoisotopic (exact) mass is 286 g/mol. The van der Waals surface area contributed by atoms with Gasteiger partial charge in [-0.25, -0.2) is 0 Å². The lowest BCUT2D eigenvalue weighted by atomic mass is 9.94. The van der Waals surface area contributed by atoms with Gasteiger partial charge in [-0.05, 0) is 45.6 Å². The number of likely N-dealkylation sites (N-methyl/N-ethyl adjacent to an activating group) is 1. The van der Waals surface area contributed by atoms with Gasteiger partial charge in [0.25, 0.3) is 5.91 Å². The van der Waals surface area contributed by atoms with Crippen LogP contribution in [0.15, 0.2) is 0 Å². The van der Waals surface area contributed by atoms with E-state index in [2.05, 4.69) is 13.8 Å². The summed E-state index contributed by atoms with van der Waals surface area (Å²) in [5.74, 6) is 0.0794. The van der Waals surface area contributed by atoms with Gasteiger partial charge >= 0.3 is 5.97 Å². The van der Waals surface area contributed by atoms with Crippen molar-refractivity contribution in [3.05, 3.63) is 0 Å². The number of nitrogens with zero attached hydrogens (tertiary/aromatic N) is 1. The Kier molecular flexibility index (Phi) is 8.46. The number of esters is 1. The highest BCUT2D eigenvalue weighted by molar-refractivity contribution is 5.83.